The summed E-state index contributed by atoms with van der Waals surface area (Å²) < 4.78 is 33.5. The van der Waals surface area contributed by atoms with E-state index in [0.717, 1.165) is 77.9 Å². The molecule has 3 aromatic rings. The van der Waals surface area contributed by atoms with Gasteiger partial charge < -0.3 is 14.5 Å². The average molecular weight is 542 g/mol. The minimum atomic E-state index is -3.31. The van der Waals surface area contributed by atoms with Crippen LogP contribution in [0.15, 0.2) is 36.7 Å². The molecule has 0 amide bonds. The number of benzene rings is 1. The van der Waals surface area contributed by atoms with Gasteiger partial charge in [0.25, 0.3) is 0 Å². The first-order chi connectivity index (χ1) is 18.1. The van der Waals surface area contributed by atoms with Crippen LogP contribution in [0.25, 0.3) is 21.3 Å². The van der Waals surface area contributed by atoms with Crippen LogP contribution in [0, 0.1) is 5.92 Å². The second-order valence-corrected chi connectivity index (χ2v) is 13.3. The normalized spacial score (nSPS) is 20.9. The van der Waals surface area contributed by atoms with Gasteiger partial charge in [-0.3, -0.25) is 4.31 Å². The second kappa shape index (κ2) is 10.8. The van der Waals surface area contributed by atoms with Gasteiger partial charge in [-0.25, -0.2) is 18.4 Å². The smallest absolute Gasteiger partial charge is 0.235 e. The molecule has 3 saturated heterocycles. The van der Waals surface area contributed by atoms with Gasteiger partial charge >= 0.3 is 0 Å². The zero-order valence-electron chi connectivity index (χ0n) is 21.2. The summed E-state index contributed by atoms with van der Waals surface area (Å²) in [6.45, 7) is 7.47. The van der Waals surface area contributed by atoms with E-state index >= 15 is 0 Å². The second-order valence-electron chi connectivity index (χ2n) is 10.3. The largest absolute Gasteiger partial charge is 0.380 e. The molecule has 198 valence electrons. The highest BCUT2D eigenvalue weighted by atomic mass is 32.2. The summed E-state index contributed by atoms with van der Waals surface area (Å²) in [5.74, 6) is 1.67. The summed E-state index contributed by atoms with van der Waals surface area (Å²) in [5, 5.41) is 1.73. The number of anilines is 2. The number of rotatable bonds is 8. The van der Waals surface area contributed by atoms with Crippen LogP contribution in [0.1, 0.15) is 32.1 Å². The minimum Gasteiger partial charge on any atom is -0.380 e. The number of aromatic nitrogens is 2. The molecule has 0 spiro atoms. The van der Waals surface area contributed by atoms with Gasteiger partial charge in [-0.2, -0.15) is 0 Å². The number of piperidine rings is 1. The SMILES string of the molecule is O=S1(=O)CCCN1c1sc2ncnc(N3CCC(COCCN4CCCC4)CC3)c2c1-c1ccccc1. The van der Waals surface area contributed by atoms with E-state index in [1.807, 2.05) is 18.2 Å². The Labute approximate surface area is 223 Å². The molecule has 0 atom stereocenters. The standard InChI is InChI=1S/C27H35N5O3S2/c33-37(34)18-6-13-32(37)27-23(22-7-2-1-3-8-22)24-25(28-20-29-26(24)36-27)31-14-9-21(10-15-31)19-35-17-16-30-11-4-5-12-30/h1-3,7-8,20-21H,4-6,9-19H2. The molecule has 0 bridgehead atoms. The van der Waals surface area contributed by atoms with Gasteiger partial charge in [-0.15, -0.1) is 0 Å². The van der Waals surface area contributed by atoms with Crippen LogP contribution in [-0.4, -0.2) is 81.5 Å². The molecule has 0 aliphatic carbocycles. The van der Waals surface area contributed by atoms with Crippen LogP contribution in [0.5, 0.6) is 0 Å². The zero-order valence-corrected chi connectivity index (χ0v) is 22.9. The third kappa shape index (κ3) is 5.21. The van der Waals surface area contributed by atoms with Crippen molar-refractivity contribution >= 4 is 42.4 Å². The Morgan fingerprint density at radius 2 is 1.76 bits per heavy atom. The van der Waals surface area contributed by atoms with Gasteiger partial charge in [-0.1, -0.05) is 41.7 Å². The Hall–Kier alpha value is -2.27. The van der Waals surface area contributed by atoms with E-state index in [1.54, 1.807) is 10.6 Å². The van der Waals surface area contributed by atoms with E-state index in [2.05, 4.69) is 26.9 Å². The van der Waals surface area contributed by atoms with Crippen LogP contribution in [0.2, 0.25) is 0 Å². The fraction of sp³-hybridized carbons (Fsp3) is 0.556. The van der Waals surface area contributed by atoms with E-state index in [9.17, 15) is 8.42 Å². The van der Waals surface area contributed by atoms with E-state index in [0.29, 0.717) is 18.9 Å². The molecule has 5 heterocycles. The average Bonchev–Trinajstić information content (AvgIpc) is 3.65. The van der Waals surface area contributed by atoms with Crippen molar-refractivity contribution in [2.75, 3.05) is 67.4 Å². The van der Waals surface area contributed by atoms with Gasteiger partial charge in [0, 0.05) is 38.3 Å². The Morgan fingerprint density at radius 1 is 0.973 bits per heavy atom. The van der Waals surface area contributed by atoms with Gasteiger partial charge in [0.15, 0.2) is 0 Å². The minimum absolute atomic E-state index is 0.196. The molecule has 3 aliphatic rings. The van der Waals surface area contributed by atoms with Crippen molar-refractivity contribution in [3.8, 4) is 11.1 Å². The molecule has 3 aliphatic heterocycles. The van der Waals surface area contributed by atoms with Crippen molar-refractivity contribution in [3.05, 3.63) is 36.7 Å². The quantitative estimate of drug-likeness (QED) is 0.395. The maximum atomic E-state index is 12.9. The number of sulfonamides is 1. The first-order valence-corrected chi connectivity index (χ1v) is 15.9. The van der Waals surface area contributed by atoms with E-state index in [4.69, 9.17) is 9.72 Å². The van der Waals surface area contributed by atoms with E-state index in [1.165, 1.54) is 37.3 Å². The molecule has 2 aromatic heterocycles. The Bertz CT molecular complexity index is 1320. The number of thiophene rings is 1. The summed E-state index contributed by atoms with van der Waals surface area (Å²) in [5.41, 5.74) is 1.94. The monoisotopic (exact) mass is 541 g/mol. The summed E-state index contributed by atoms with van der Waals surface area (Å²) in [4.78, 5) is 15.0. The van der Waals surface area contributed by atoms with Crippen LogP contribution >= 0.6 is 11.3 Å². The number of ether oxygens (including phenoxy) is 1. The lowest BCUT2D eigenvalue weighted by atomic mass is 9.97. The lowest BCUT2D eigenvalue weighted by Crippen LogP contribution is -2.36. The molecule has 0 radical (unpaired) electrons. The molecule has 8 nitrogen and oxygen atoms in total. The van der Waals surface area contributed by atoms with Crippen molar-refractivity contribution in [2.45, 2.75) is 32.1 Å². The predicted molar refractivity (Wildman–Crippen MR) is 150 cm³/mol. The highest BCUT2D eigenvalue weighted by Crippen LogP contribution is 2.48. The van der Waals surface area contributed by atoms with Crippen LogP contribution in [0.4, 0.5) is 10.8 Å². The third-order valence-electron chi connectivity index (χ3n) is 7.86. The van der Waals surface area contributed by atoms with E-state index < -0.39 is 10.0 Å². The predicted octanol–water partition coefficient (Wildman–Crippen LogP) is 4.23. The highest BCUT2D eigenvalue weighted by molar-refractivity contribution is 7.93. The number of hydrogen-bond acceptors (Lipinski definition) is 8. The maximum absolute atomic E-state index is 12.9. The molecule has 3 fully saturated rings. The molecule has 0 saturated carbocycles. The van der Waals surface area contributed by atoms with Gasteiger partial charge in [0.05, 0.1) is 17.7 Å². The molecule has 10 heteroatoms. The van der Waals surface area contributed by atoms with Crippen LogP contribution < -0.4 is 9.21 Å². The molecule has 6 rings (SSSR count). The lowest BCUT2D eigenvalue weighted by molar-refractivity contribution is 0.0753. The summed E-state index contributed by atoms with van der Waals surface area (Å²) in [6, 6.07) is 10.1. The maximum Gasteiger partial charge on any atom is 0.235 e. The van der Waals surface area contributed by atoms with Crippen molar-refractivity contribution < 1.29 is 13.2 Å². The molecule has 1 aromatic carbocycles. The molecular weight excluding hydrogens is 506 g/mol. The molecular formula is C27H35N5O3S2. The van der Waals surface area contributed by atoms with E-state index in [-0.39, 0.29) is 5.75 Å². The number of fused-ring (bicyclic) bond motifs is 1. The third-order valence-corrected chi connectivity index (χ3v) is 10.9. The number of hydrogen-bond donors (Lipinski definition) is 0. The topological polar surface area (TPSA) is 78.9 Å². The number of nitrogens with zero attached hydrogens (tertiary/aromatic N) is 5. The summed E-state index contributed by atoms with van der Waals surface area (Å²) in [6.07, 6.45) is 7.04. The summed E-state index contributed by atoms with van der Waals surface area (Å²) in [7, 11) is -3.31. The van der Waals surface area contributed by atoms with Gasteiger partial charge in [0.1, 0.15) is 22.0 Å². The Kier molecular flexibility index (Phi) is 7.34. The molecule has 37 heavy (non-hydrogen) atoms. The van der Waals surface area contributed by atoms with Crippen molar-refractivity contribution in [1.82, 2.24) is 14.9 Å². The first-order valence-electron chi connectivity index (χ1n) is 13.5. The lowest BCUT2D eigenvalue weighted by Gasteiger charge is -2.33. The van der Waals surface area contributed by atoms with Crippen molar-refractivity contribution in [2.24, 2.45) is 5.92 Å². The molecule has 0 N–H and O–H groups in total. The van der Waals surface area contributed by atoms with Gasteiger partial charge in [0.2, 0.25) is 10.0 Å². The Morgan fingerprint density at radius 3 is 2.49 bits per heavy atom. The first kappa shape index (κ1) is 25.0. The van der Waals surface area contributed by atoms with Crippen molar-refractivity contribution in [3.63, 3.8) is 0 Å². The fourth-order valence-corrected chi connectivity index (χ4v) is 8.83. The van der Waals surface area contributed by atoms with Crippen molar-refractivity contribution in [1.29, 1.82) is 0 Å². The van der Waals surface area contributed by atoms with Gasteiger partial charge in [-0.05, 0) is 56.7 Å². The summed E-state index contributed by atoms with van der Waals surface area (Å²) >= 11 is 1.47. The highest BCUT2D eigenvalue weighted by Gasteiger charge is 2.34. The number of likely N-dealkylation sites (tertiary alicyclic amines) is 1. The zero-order chi connectivity index (χ0) is 25.2. The van der Waals surface area contributed by atoms with Crippen LogP contribution in [0.3, 0.4) is 0 Å². The Balaban J connectivity index is 1.23. The fourth-order valence-electron chi connectivity index (χ4n) is 5.82. The molecule has 0 unspecified atom stereocenters. The van der Waals surface area contributed by atoms with Crippen LogP contribution in [-0.2, 0) is 14.8 Å².